The van der Waals surface area contributed by atoms with Crippen LogP contribution < -0.4 is 10.6 Å². The summed E-state index contributed by atoms with van der Waals surface area (Å²) in [6.45, 7) is 3.90. The first-order valence-electron chi connectivity index (χ1n) is 8.66. The van der Waals surface area contributed by atoms with E-state index in [1.54, 1.807) is 14.2 Å². The number of methoxy groups -OCH3 is 2. The van der Waals surface area contributed by atoms with Crippen molar-refractivity contribution in [2.75, 3.05) is 41.5 Å². The minimum Gasteiger partial charge on any atom is -0.419 e. The third-order valence-electron chi connectivity index (χ3n) is 4.17. The second kappa shape index (κ2) is 15.9. The van der Waals surface area contributed by atoms with Gasteiger partial charge in [0.05, 0.1) is 6.61 Å². The number of hydrogen-bond donors (Lipinski definition) is 2. The lowest BCUT2D eigenvalue weighted by molar-refractivity contribution is -0.122. The van der Waals surface area contributed by atoms with E-state index in [0.29, 0.717) is 12.6 Å². The van der Waals surface area contributed by atoms with E-state index in [0.717, 1.165) is 12.1 Å². The Morgan fingerprint density at radius 3 is 2.27 bits per heavy atom. The number of unbranched alkanes of at least 4 members (excludes halogenated alkanes) is 1. The van der Waals surface area contributed by atoms with Crippen molar-refractivity contribution in [3.8, 4) is 0 Å². The normalized spacial score (nSPS) is 15.0. The first kappa shape index (κ1) is 22.0. The predicted octanol–water partition coefficient (Wildman–Crippen LogP) is 1.66. The third kappa shape index (κ3) is 11.6. The van der Waals surface area contributed by atoms with Gasteiger partial charge in [0.2, 0.25) is 0 Å². The fraction of sp³-hybridized carbons (Fsp3) is 1.00. The molecule has 0 saturated carbocycles. The molecule has 0 aromatic heterocycles. The van der Waals surface area contributed by atoms with E-state index < -0.39 is 9.76 Å². The minimum absolute atomic E-state index is 0.222. The van der Waals surface area contributed by atoms with Crippen LogP contribution in [0.3, 0.4) is 0 Å². The molecule has 0 saturated heterocycles. The minimum atomic E-state index is -0.530. The van der Waals surface area contributed by atoms with Gasteiger partial charge in [-0.25, -0.2) is 0 Å². The zero-order valence-corrected chi connectivity index (χ0v) is 16.7. The summed E-state index contributed by atoms with van der Waals surface area (Å²) in [6.07, 6.45) is 7.34. The molecule has 134 valence electrons. The van der Waals surface area contributed by atoms with Crippen molar-refractivity contribution >= 4 is 9.76 Å². The Kier molecular flexibility index (Phi) is 15.9. The molecule has 0 radical (unpaired) electrons. The highest BCUT2D eigenvalue weighted by molar-refractivity contribution is 6.29. The highest BCUT2D eigenvalue weighted by Crippen LogP contribution is 2.22. The fourth-order valence-electron chi connectivity index (χ4n) is 2.56. The molecule has 0 aliphatic rings. The summed E-state index contributed by atoms with van der Waals surface area (Å²) in [5.41, 5.74) is 0.764. The van der Waals surface area contributed by atoms with Gasteiger partial charge in [-0.3, -0.25) is 0 Å². The van der Waals surface area contributed by atoms with Gasteiger partial charge < -0.3 is 24.5 Å². The van der Waals surface area contributed by atoms with Crippen LogP contribution in [0.2, 0.25) is 5.54 Å². The van der Waals surface area contributed by atoms with E-state index in [4.69, 9.17) is 13.9 Å². The average molecular weight is 335 g/mol. The van der Waals surface area contributed by atoms with E-state index in [1.165, 1.54) is 38.5 Å². The maximum Gasteiger partial charge on any atom is 0.178 e. The first-order chi connectivity index (χ1) is 10.7. The molecule has 22 heavy (non-hydrogen) atoms. The largest absolute Gasteiger partial charge is 0.419 e. The summed E-state index contributed by atoms with van der Waals surface area (Å²) >= 11 is 0. The van der Waals surface area contributed by atoms with Crippen molar-refractivity contribution in [3.05, 3.63) is 0 Å². The number of nitrogens with one attached hydrogen (secondary N) is 2. The monoisotopic (exact) mass is 334 g/mol. The van der Waals surface area contributed by atoms with Crippen molar-refractivity contribution in [2.24, 2.45) is 0 Å². The van der Waals surface area contributed by atoms with Gasteiger partial charge in [-0.05, 0) is 45.4 Å². The van der Waals surface area contributed by atoms with Gasteiger partial charge in [0.25, 0.3) is 0 Å². The Balaban J connectivity index is 4.09. The van der Waals surface area contributed by atoms with Gasteiger partial charge in [-0.2, -0.15) is 0 Å². The molecular weight excluding hydrogens is 296 g/mol. The SMILES string of the molecule is CCCCC(CCC(CCNC)NC)[SiH2]OCC(OC)OC. The second-order valence-electron chi connectivity index (χ2n) is 5.90. The molecule has 0 amide bonds. The van der Waals surface area contributed by atoms with Crippen LogP contribution in [0, 0.1) is 0 Å². The number of ether oxygens (including phenoxy) is 2. The van der Waals surface area contributed by atoms with Gasteiger partial charge in [-0.1, -0.05) is 26.2 Å². The second-order valence-corrected chi connectivity index (χ2v) is 7.80. The highest BCUT2D eigenvalue weighted by atomic mass is 28.2. The number of hydrogen-bond acceptors (Lipinski definition) is 5. The maximum absolute atomic E-state index is 5.94. The summed E-state index contributed by atoms with van der Waals surface area (Å²) in [6, 6.07) is 0.608. The number of rotatable bonds is 16. The zero-order chi connectivity index (χ0) is 16.6. The molecule has 0 heterocycles. The van der Waals surface area contributed by atoms with Crippen LogP contribution in [0.25, 0.3) is 0 Å². The molecular formula is C16H38N2O3Si. The first-order valence-corrected chi connectivity index (χ1v) is 10.1. The molecule has 0 spiro atoms. The quantitative estimate of drug-likeness (QED) is 0.332. The standard InChI is InChI=1S/C16H38N2O3Si/c1-6-7-8-15(22-21-13-16(19-4)20-5)10-9-14(18-3)11-12-17-2/h14-18H,6-13,22H2,1-5H3. The van der Waals surface area contributed by atoms with Gasteiger partial charge in [0, 0.05) is 20.3 Å². The van der Waals surface area contributed by atoms with Crippen molar-refractivity contribution in [3.63, 3.8) is 0 Å². The smallest absolute Gasteiger partial charge is 0.178 e. The molecule has 0 fully saturated rings. The van der Waals surface area contributed by atoms with Crippen LogP contribution in [-0.2, 0) is 13.9 Å². The molecule has 6 heteroatoms. The summed E-state index contributed by atoms with van der Waals surface area (Å²) in [4.78, 5) is 0. The molecule has 2 N–H and O–H groups in total. The summed E-state index contributed by atoms with van der Waals surface area (Å²) in [5.74, 6) is 0. The Hall–Kier alpha value is 0.0169. The molecule has 2 atom stereocenters. The highest BCUT2D eigenvalue weighted by Gasteiger charge is 2.15. The Morgan fingerprint density at radius 1 is 1.00 bits per heavy atom. The van der Waals surface area contributed by atoms with Gasteiger partial charge in [0.15, 0.2) is 16.1 Å². The molecule has 0 rings (SSSR count). The lowest BCUT2D eigenvalue weighted by atomic mass is 10.0. The Labute approximate surface area is 139 Å². The topological polar surface area (TPSA) is 51.8 Å². The third-order valence-corrected chi connectivity index (χ3v) is 5.93. The molecule has 0 aromatic rings. The maximum atomic E-state index is 5.94. The molecule has 2 unspecified atom stereocenters. The zero-order valence-electron chi connectivity index (χ0n) is 15.3. The Morgan fingerprint density at radius 2 is 1.73 bits per heavy atom. The summed E-state index contributed by atoms with van der Waals surface area (Å²) in [7, 11) is 6.87. The average Bonchev–Trinajstić information content (AvgIpc) is 2.55. The van der Waals surface area contributed by atoms with Crippen LogP contribution in [0.4, 0.5) is 0 Å². The van der Waals surface area contributed by atoms with Crippen molar-refractivity contribution in [1.82, 2.24) is 10.6 Å². The van der Waals surface area contributed by atoms with Gasteiger partial charge in [0.1, 0.15) is 0 Å². The van der Waals surface area contributed by atoms with E-state index in [-0.39, 0.29) is 6.29 Å². The van der Waals surface area contributed by atoms with Crippen molar-refractivity contribution < 1.29 is 13.9 Å². The van der Waals surface area contributed by atoms with Crippen LogP contribution in [0.1, 0.15) is 45.4 Å². The van der Waals surface area contributed by atoms with E-state index in [9.17, 15) is 0 Å². The van der Waals surface area contributed by atoms with E-state index in [1.807, 2.05) is 7.05 Å². The molecule has 0 bridgehead atoms. The van der Waals surface area contributed by atoms with E-state index >= 15 is 0 Å². The molecule has 5 nitrogen and oxygen atoms in total. The van der Waals surface area contributed by atoms with Gasteiger partial charge >= 0.3 is 0 Å². The summed E-state index contributed by atoms with van der Waals surface area (Å²) < 4.78 is 16.3. The summed E-state index contributed by atoms with van der Waals surface area (Å²) in [5, 5.41) is 6.67. The Bertz CT molecular complexity index is 231. The van der Waals surface area contributed by atoms with Crippen LogP contribution in [0.15, 0.2) is 0 Å². The van der Waals surface area contributed by atoms with E-state index in [2.05, 4.69) is 24.6 Å². The fourth-order valence-corrected chi connectivity index (χ4v) is 4.08. The van der Waals surface area contributed by atoms with Crippen LogP contribution in [0.5, 0.6) is 0 Å². The van der Waals surface area contributed by atoms with Gasteiger partial charge in [-0.15, -0.1) is 0 Å². The lowest BCUT2D eigenvalue weighted by Gasteiger charge is -2.22. The lowest BCUT2D eigenvalue weighted by Crippen LogP contribution is -2.29. The van der Waals surface area contributed by atoms with Crippen molar-refractivity contribution in [1.29, 1.82) is 0 Å². The molecule has 0 aromatic carbocycles. The predicted molar refractivity (Wildman–Crippen MR) is 96.2 cm³/mol. The van der Waals surface area contributed by atoms with Crippen LogP contribution in [-0.4, -0.2) is 63.6 Å². The van der Waals surface area contributed by atoms with Crippen LogP contribution >= 0.6 is 0 Å². The van der Waals surface area contributed by atoms with Crippen molar-refractivity contribution in [2.45, 2.75) is 63.3 Å². The molecule has 0 aliphatic heterocycles. The molecule has 0 aliphatic carbocycles.